The normalized spacial score (nSPS) is 10.5. The van der Waals surface area contributed by atoms with Crippen LogP contribution in [0.1, 0.15) is 5.56 Å². The highest BCUT2D eigenvalue weighted by Gasteiger charge is 2.10. The summed E-state index contributed by atoms with van der Waals surface area (Å²) in [6.45, 7) is 0.218. The molecular weight excluding hydrogens is 272 g/mol. The van der Waals surface area contributed by atoms with E-state index in [1.54, 1.807) is 30.6 Å². The topological polar surface area (TPSA) is 79.1 Å². The van der Waals surface area contributed by atoms with Gasteiger partial charge in [-0.25, -0.2) is 4.79 Å². The lowest BCUT2D eigenvalue weighted by atomic mass is 10.2. The molecule has 0 unspecified atom stereocenters. The number of benzene rings is 1. The number of para-hydroxylation sites is 1. The van der Waals surface area contributed by atoms with E-state index in [0.717, 1.165) is 10.4 Å². The minimum absolute atomic E-state index is 0.218. The van der Waals surface area contributed by atoms with Crippen LogP contribution in [-0.2, 0) is 11.2 Å². The number of pyridine rings is 1. The first kappa shape index (κ1) is 13.0. The molecule has 0 saturated heterocycles. The van der Waals surface area contributed by atoms with Gasteiger partial charge in [-0.1, -0.05) is 17.0 Å². The van der Waals surface area contributed by atoms with E-state index in [9.17, 15) is 4.79 Å². The SMILES string of the molecule is O=C(OCCc1ccncc1)On1nnc2ccccc21. The third kappa shape index (κ3) is 3.14. The number of fused-ring (bicyclic) bond motifs is 1. The highest BCUT2D eigenvalue weighted by atomic mass is 16.8. The van der Waals surface area contributed by atoms with Gasteiger partial charge in [-0.2, -0.15) is 0 Å². The smallest absolute Gasteiger partial charge is 0.432 e. The summed E-state index contributed by atoms with van der Waals surface area (Å²) in [5, 5.41) is 7.61. The quantitative estimate of drug-likeness (QED) is 0.535. The number of rotatable bonds is 4. The van der Waals surface area contributed by atoms with Crippen molar-refractivity contribution in [2.45, 2.75) is 6.42 Å². The third-order valence-corrected chi connectivity index (χ3v) is 2.84. The first-order valence-electron chi connectivity index (χ1n) is 6.37. The molecule has 7 nitrogen and oxygen atoms in total. The number of carbonyl (C=O) groups is 1. The molecule has 0 bridgehead atoms. The molecule has 0 atom stereocenters. The molecule has 21 heavy (non-hydrogen) atoms. The Hall–Kier alpha value is -2.96. The number of hydrogen-bond donors (Lipinski definition) is 0. The van der Waals surface area contributed by atoms with Crippen molar-refractivity contribution in [3.63, 3.8) is 0 Å². The van der Waals surface area contributed by atoms with Crippen LogP contribution in [0.25, 0.3) is 11.0 Å². The van der Waals surface area contributed by atoms with E-state index in [4.69, 9.17) is 9.57 Å². The zero-order valence-corrected chi connectivity index (χ0v) is 11.0. The number of hydrogen-bond acceptors (Lipinski definition) is 6. The Bertz CT molecular complexity index is 742. The Morgan fingerprint density at radius 1 is 1.14 bits per heavy atom. The highest BCUT2D eigenvalue weighted by molar-refractivity contribution is 5.74. The van der Waals surface area contributed by atoms with E-state index >= 15 is 0 Å². The average Bonchev–Trinajstić information content (AvgIpc) is 2.92. The minimum Gasteiger partial charge on any atom is -0.432 e. The van der Waals surface area contributed by atoms with Crippen molar-refractivity contribution in [3.05, 3.63) is 54.4 Å². The van der Waals surface area contributed by atoms with Gasteiger partial charge in [0.2, 0.25) is 0 Å². The Morgan fingerprint density at radius 2 is 1.95 bits per heavy atom. The van der Waals surface area contributed by atoms with Crippen LogP contribution in [0.15, 0.2) is 48.8 Å². The summed E-state index contributed by atoms with van der Waals surface area (Å²) in [6, 6.07) is 10.9. The standard InChI is InChI=1S/C14H12N4O3/c19-14(20-10-7-11-5-8-15-9-6-11)21-18-13-4-2-1-3-12(13)16-17-18/h1-6,8-9H,7,10H2. The van der Waals surface area contributed by atoms with E-state index in [1.807, 2.05) is 18.2 Å². The van der Waals surface area contributed by atoms with Gasteiger partial charge >= 0.3 is 6.16 Å². The lowest BCUT2D eigenvalue weighted by Crippen LogP contribution is -2.22. The van der Waals surface area contributed by atoms with Gasteiger partial charge in [-0.15, -0.1) is 5.10 Å². The summed E-state index contributed by atoms with van der Waals surface area (Å²) in [5.41, 5.74) is 2.27. The van der Waals surface area contributed by atoms with Crippen LogP contribution in [0.2, 0.25) is 0 Å². The molecule has 3 aromatic rings. The molecule has 2 heterocycles. The Balaban J connectivity index is 1.55. The van der Waals surface area contributed by atoms with Gasteiger partial charge in [0.15, 0.2) is 0 Å². The van der Waals surface area contributed by atoms with Crippen molar-refractivity contribution in [1.82, 2.24) is 20.1 Å². The van der Waals surface area contributed by atoms with Crippen molar-refractivity contribution >= 4 is 17.2 Å². The number of nitrogens with zero attached hydrogens (tertiary/aromatic N) is 4. The maximum Gasteiger partial charge on any atom is 0.535 e. The van der Waals surface area contributed by atoms with Crippen molar-refractivity contribution in [1.29, 1.82) is 0 Å². The fraction of sp³-hybridized carbons (Fsp3) is 0.143. The third-order valence-electron chi connectivity index (χ3n) is 2.84. The monoisotopic (exact) mass is 284 g/mol. The highest BCUT2D eigenvalue weighted by Crippen LogP contribution is 2.08. The van der Waals surface area contributed by atoms with Crippen molar-refractivity contribution in [3.8, 4) is 0 Å². The number of ether oxygens (including phenoxy) is 1. The summed E-state index contributed by atoms with van der Waals surface area (Å²) in [7, 11) is 0. The Morgan fingerprint density at radius 3 is 2.81 bits per heavy atom. The molecule has 7 heteroatoms. The molecule has 3 rings (SSSR count). The molecule has 0 amide bonds. The average molecular weight is 284 g/mol. The zero-order valence-electron chi connectivity index (χ0n) is 11.0. The van der Waals surface area contributed by atoms with Crippen molar-refractivity contribution in [2.24, 2.45) is 0 Å². The number of aromatic nitrogens is 4. The van der Waals surface area contributed by atoms with Crippen LogP contribution in [0.4, 0.5) is 4.79 Å². The maximum absolute atomic E-state index is 11.6. The van der Waals surface area contributed by atoms with Gasteiger partial charge in [0.25, 0.3) is 0 Å². The molecule has 0 fully saturated rings. The van der Waals surface area contributed by atoms with Gasteiger partial charge < -0.3 is 4.74 Å². The van der Waals surface area contributed by atoms with Gasteiger partial charge in [-0.05, 0) is 35.0 Å². The number of carbonyl (C=O) groups excluding carboxylic acids is 1. The summed E-state index contributed by atoms with van der Waals surface area (Å²) in [4.78, 5) is 21.5. The van der Waals surface area contributed by atoms with E-state index in [1.165, 1.54) is 0 Å². The fourth-order valence-electron chi connectivity index (χ4n) is 1.81. The molecular formula is C14H12N4O3. The molecule has 106 valence electrons. The summed E-state index contributed by atoms with van der Waals surface area (Å²) in [6.07, 6.45) is 3.15. The second kappa shape index (κ2) is 6.00. The predicted octanol–water partition coefficient (Wildman–Crippen LogP) is 1.63. The lowest BCUT2D eigenvalue weighted by Gasteiger charge is -2.05. The first-order valence-corrected chi connectivity index (χ1v) is 6.37. The van der Waals surface area contributed by atoms with Gasteiger partial charge in [0.05, 0.1) is 6.61 Å². The van der Waals surface area contributed by atoms with Gasteiger partial charge in [0, 0.05) is 18.8 Å². The first-order chi connectivity index (χ1) is 10.3. The zero-order chi connectivity index (χ0) is 14.5. The van der Waals surface area contributed by atoms with E-state index in [2.05, 4.69) is 15.3 Å². The van der Waals surface area contributed by atoms with Crippen LogP contribution >= 0.6 is 0 Å². The van der Waals surface area contributed by atoms with E-state index in [-0.39, 0.29) is 6.61 Å². The molecule has 0 radical (unpaired) electrons. The van der Waals surface area contributed by atoms with E-state index < -0.39 is 6.16 Å². The Labute approximate surface area is 120 Å². The van der Waals surface area contributed by atoms with Gasteiger partial charge in [-0.3, -0.25) is 9.82 Å². The Kier molecular flexibility index (Phi) is 3.72. The molecule has 1 aromatic carbocycles. The van der Waals surface area contributed by atoms with Crippen molar-refractivity contribution in [2.75, 3.05) is 6.61 Å². The van der Waals surface area contributed by atoms with Crippen LogP contribution in [-0.4, -0.2) is 32.9 Å². The molecule has 0 N–H and O–H groups in total. The largest absolute Gasteiger partial charge is 0.535 e. The lowest BCUT2D eigenvalue weighted by molar-refractivity contribution is 0.0402. The summed E-state index contributed by atoms with van der Waals surface area (Å²) >= 11 is 0. The van der Waals surface area contributed by atoms with Crippen molar-refractivity contribution < 1.29 is 14.4 Å². The van der Waals surface area contributed by atoms with Crippen LogP contribution in [0.5, 0.6) is 0 Å². The molecule has 0 spiro atoms. The second-order valence-electron chi connectivity index (χ2n) is 4.25. The van der Waals surface area contributed by atoms with Crippen LogP contribution < -0.4 is 4.84 Å². The van der Waals surface area contributed by atoms with Crippen LogP contribution in [0, 0.1) is 0 Å². The minimum atomic E-state index is -0.820. The molecule has 0 aliphatic rings. The van der Waals surface area contributed by atoms with Crippen LogP contribution in [0.3, 0.4) is 0 Å². The molecule has 0 aliphatic carbocycles. The summed E-state index contributed by atoms with van der Waals surface area (Å²) < 4.78 is 5.00. The molecule has 0 aliphatic heterocycles. The second-order valence-corrected chi connectivity index (χ2v) is 4.25. The molecule has 0 saturated carbocycles. The summed E-state index contributed by atoms with van der Waals surface area (Å²) in [5.74, 6) is 0. The predicted molar refractivity (Wildman–Crippen MR) is 73.4 cm³/mol. The maximum atomic E-state index is 11.6. The van der Waals surface area contributed by atoms with E-state index in [0.29, 0.717) is 17.5 Å². The molecule has 2 aromatic heterocycles. The van der Waals surface area contributed by atoms with Gasteiger partial charge in [0.1, 0.15) is 11.0 Å². The fourth-order valence-corrected chi connectivity index (χ4v) is 1.81.